The minimum Gasteiger partial charge on any atom is -0.396 e. The van der Waals surface area contributed by atoms with E-state index in [2.05, 4.69) is 34.6 Å². The Morgan fingerprint density at radius 2 is 1.75 bits per heavy atom. The Balaban J connectivity index is 4.28. The summed E-state index contributed by atoms with van der Waals surface area (Å²) < 4.78 is 0. The van der Waals surface area contributed by atoms with Crippen LogP contribution >= 0.6 is 0 Å². The van der Waals surface area contributed by atoms with Crippen molar-refractivity contribution in [2.24, 2.45) is 17.3 Å². The highest BCUT2D eigenvalue weighted by molar-refractivity contribution is 4.79. The molecule has 0 fully saturated rings. The molecule has 1 N–H and O–H groups in total. The highest BCUT2D eigenvalue weighted by atomic mass is 16.3. The second-order valence-corrected chi connectivity index (χ2v) is 6.05. The summed E-state index contributed by atoms with van der Waals surface area (Å²) in [6, 6.07) is 0. The first-order chi connectivity index (χ1) is 7.49. The van der Waals surface area contributed by atoms with Gasteiger partial charge in [-0.25, -0.2) is 0 Å². The van der Waals surface area contributed by atoms with E-state index in [0.717, 1.165) is 18.3 Å². The van der Waals surface area contributed by atoms with Gasteiger partial charge >= 0.3 is 0 Å². The fourth-order valence-corrected chi connectivity index (χ4v) is 2.86. The molecule has 2 unspecified atom stereocenters. The van der Waals surface area contributed by atoms with E-state index in [0.29, 0.717) is 6.61 Å². The van der Waals surface area contributed by atoms with Gasteiger partial charge in [-0.2, -0.15) is 0 Å². The van der Waals surface area contributed by atoms with Crippen LogP contribution in [0.15, 0.2) is 0 Å². The number of unbranched alkanes of at least 4 members (excludes halogenated alkanes) is 1. The zero-order chi connectivity index (χ0) is 12.6. The number of rotatable bonds is 9. The molecule has 0 aromatic carbocycles. The van der Waals surface area contributed by atoms with Crippen LogP contribution in [0, 0.1) is 17.3 Å². The van der Waals surface area contributed by atoms with Gasteiger partial charge < -0.3 is 5.11 Å². The molecule has 0 radical (unpaired) electrons. The Morgan fingerprint density at radius 3 is 2.12 bits per heavy atom. The van der Waals surface area contributed by atoms with Gasteiger partial charge in [0, 0.05) is 6.61 Å². The average molecular weight is 228 g/mol. The second kappa shape index (κ2) is 8.11. The van der Waals surface area contributed by atoms with Gasteiger partial charge in [0.15, 0.2) is 0 Å². The standard InChI is InChI=1S/C15H32O/c1-6-8-9-15(7-2,12-16)11-14(5)10-13(3)4/h13-14,16H,6-12H2,1-5H3. The summed E-state index contributed by atoms with van der Waals surface area (Å²) in [6.07, 6.45) is 7.28. The largest absolute Gasteiger partial charge is 0.396 e. The molecule has 0 bridgehead atoms. The van der Waals surface area contributed by atoms with E-state index in [1.807, 2.05) is 0 Å². The normalized spacial score (nSPS) is 17.4. The topological polar surface area (TPSA) is 20.2 Å². The van der Waals surface area contributed by atoms with Crippen molar-refractivity contribution < 1.29 is 5.11 Å². The highest BCUT2D eigenvalue weighted by Crippen LogP contribution is 2.37. The zero-order valence-corrected chi connectivity index (χ0v) is 12.1. The first-order valence-corrected chi connectivity index (χ1v) is 7.10. The lowest BCUT2D eigenvalue weighted by molar-refractivity contribution is 0.0779. The summed E-state index contributed by atoms with van der Waals surface area (Å²) in [5, 5.41) is 9.69. The number of hydrogen-bond donors (Lipinski definition) is 1. The van der Waals surface area contributed by atoms with E-state index in [9.17, 15) is 5.11 Å². The van der Waals surface area contributed by atoms with Gasteiger partial charge in [-0.05, 0) is 42.9 Å². The van der Waals surface area contributed by atoms with Crippen molar-refractivity contribution >= 4 is 0 Å². The Hall–Kier alpha value is -0.0400. The predicted molar refractivity (Wildman–Crippen MR) is 72.6 cm³/mol. The van der Waals surface area contributed by atoms with Crippen LogP contribution in [0.3, 0.4) is 0 Å². The lowest BCUT2D eigenvalue weighted by atomic mass is 9.73. The van der Waals surface area contributed by atoms with Crippen molar-refractivity contribution in [2.45, 2.75) is 73.1 Å². The van der Waals surface area contributed by atoms with Crippen molar-refractivity contribution in [2.75, 3.05) is 6.61 Å². The van der Waals surface area contributed by atoms with Crippen molar-refractivity contribution in [1.82, 2.24) is 0 Å². The Morgan fingerprint density at radius 1 is 1.12 bits per heavy atom. The molecule has 16 heavy (non-hydrogen) atoms. The average Bonchev–Trinajstić information content (AvgIpc) is 2.23. The van der Waals surface area contributed by atoms with Gasteiger partial charge in [0.1, 0.15) is 0 Å². The number of aliphatic hydroxyl groups excluding tert-OH is 1. The van der Waals surface area contributed by atoms with Gasteiger partial charge in [-0.1, -0.05) is 47.5 Å². The summed E-state index contributed by atoms with van der Waals surface area (Å²) >= 11 is 0. The fraction of sp³-hybridized carbons (Fsp3) is 1.00. The van der Waals surface area contributed by atoms with Crippen molar-refractivity contribution in [1.29, 1.82) is 0 Å². The number of hydrogen-bond acceptors (Lipinski definition) is 1. The van der Waals surface area contributed by atoms with Crippen LogP contribution in [-0.4, -0.2) is 11.7 Å². The van der Waals surface area contributed by atoms with E-state index < -0.39 is 0 Å². The van der Waals surface area contributed by atoms with Gasteiger partial charge in [0.25, 0.3) is 0 Å². The van der Waals surface area contributed by atoms with Gasteiger partial charge in [-0.3, -0.25) is 0 Å². The molecule has 1 nitrogen and oxygen atoms in total. The smallest absolute Gasteiger partial charge is 0.0487 e. The third-order valence-corrected chi connectivity index (χ3v) is 3.80. The molecule has 0 aliphatic heterocycles. The monoisotopic (exact) mass is 228 g/mol. The molecule has 0 amide bonds. The summed E-state index contributed by atoms with van der Waals surface area (Å²) in [7, 11) is 0. The van der Waals surface area contributed by atoms with Crippen LogP contribution in [0.1, 0.15) is 73.1 Å². The summed E-state index contributed by atoms with van der Waals surface area (Å²) in [6.45, 7) is 11.7. The first kappa shape index (κ1) is 16.0. The molecular formula is C15H32O. The van der Waals surface area contributed by atoms with Crippen LogP contribution in [0.2, 0.25) is 0 Å². The predicted octanol–water partition coefficient (Wildman–Crippen LogP) is 4.64. The van der Waals surface area contributed by atoms with Crippen molar-refractivity contribution in [3.8, 4) is 0 Å². The highest BCUT2D eigenvalue weighted by Gasteiger charge is 2.28. The molecule has 0 saturated carbocycles. The summed E-state index contributed by atoms with van der Waals surface area (Å²) in [5.41, 5.74) is 0.199. The van der Waals surface area contributed by atoms with E-state index in [4.69, 9.17) is 0 Å². The SMILES string of the molecule is CCCCC(CC)(CO)CC(C)CC(C)C. The Labute approximate surface area is 103 Å². The molecule has 2 atom stereocenters. The zero-order valence-electron chi connectivity index (χ0n) is 12.1. The molecule has 0 aliphatic carbocycles. The van der Waals surface area contributed by atoms with Crippen molar-refractivity contribution in [3.05, 3.63) is 0 Å². The van der Waals surface area contributed by atoms with Crippen LogP contribution < -0.4 is 0 Å². The van der Waals surface area contributed by atoms with Crippen LogP contribution in [0.4, 0.5) is 0 Å². The van der Waals surface area contributed by atoms with Crippen LogP contribution in [0.25, 0.3) is 0 Å². The molecular weight excluding hydrogens is 196 g/mol. The van der Waals surface area contributed by atoms with E-state index in [1.54, 1.807) is 0 Å². The molecule has 0 aromatic rings. The maximum Gasteiger partial charge on any atom is 0.0487 e. The lowest BCUT2D eigenvalue weighted by Crippen LogP contribution is -2.27. The minimum absolute atomic E-state index is 0.199. The molecule has 0 spiro atoms. The van der Waals surface area contributed by atoms with Gasteiger partial charge in [0.05, 0.1) is 0 Å². The Kier molecular flexibility index (Phi) is 8.09. The number of aliphatic hydroxyl groups is 1. The van der Waals surface area contributed by atoms with Gasteiger partial charge in [-0.15, -0.1) is 0 Å². The third kappa shape index (κ3) is 5.89. The van der Waals surface area contributed by atoms with Crippen LogP contribution in [-0.2, 0) is 0 Å². The Bertz CT molecular complexity index is 159. The molecule has 0 heterocycles. The molecule has 1 heteroatoms. The molecule has 0 aliphatic rings. The third-order valence-electron chi connectivity index (χ3n) is 3.80. The van der Waals surface area contributed by atoms with Crippen molar-refractivity contribution in [3.63, 3.8) is 0 Å². The maximum absolute atomic E-state index is 9.69. The van der Waals surface area contributed by atoms with Gasteiger partial charge in [0.2, 0.25) is 0 Å². The molecule has 0 rings (SSSR count). The maximum atomic E-state index is 9.69. The van der Waals surface area contributed by atoms with Crippen LogP contribution in [0.5, 0.6) is 0 Å². The van der Waals surface area contributed by atoms with E-state index >= 15 is 0 Å². The summed E-state index contributed by atoms with van der Waals surface area (Å²) in [4.78, 5) is 0. The first-order valence-electron chi connectivity index (χ1n) is 7.10. The summed E-state index contributed by atoms with van der Waals surface area (Å²) in [5.74, 6) is 1.51. The molecule has 0 aromatic heterocycles. The molecule has 98 valence electrons. The fourth-order valence-electron chi connectivity index (χ4n) is 2.86. The lowest BCUT2D eigenvalue weighted by Gasteiger charge is -2.34. The second-order valence-electron chi connectivity index (χ2n) is 6.05. The van der Waals surface area contributed by atoms with E-state index in [-0.39, 0.29) is 5.41 Å². The minimum atomic E-state index is 0.199. The van der Waals surface area contributed by atoms with E-state index in [1.165, 1.54) is 32.1 Å². The quantitative estimate of drug-likeness (QED) is 0.609. The molecule has 0 saturated heterocycles.